The summed E-state index contributed by atoms with van der Waals surface area (Å²) in [5, 5.41) is 3.26. The maximum atomic E-state index is 12.8. The number of piperazine rings is 1. The molecule has 8 heteroatoms. The van der Waals surface area contributed by atoms with E-state index in [0.29, 0.717) is 24.7 Å². The lowest BCUT2D eigenvalue weighted by molar-refractivity contribution is 0.0746. The van der Waals surface area contributed by atoms with Crippen LogP contribution in [-0.4, -0.2) is 51.9 Å². The second kappa shape index (κ2) is 8.95. The molecular formula is C22H23IN6O. The summed E-state index contributed by atoms with van der Waals surface area (Å²) in [5.74, 6) is 3.11. The van der Waals surface area contributed by atoms with Gasteiger partial charge in [0.2, 0.25) is 0 Å². The maximum absolute atomic E-state index is 12.8. The zero-order valence-electron chi connectivity index (χ0n) is 17.0. The van der Waals surface area contributed by atoms with Gasteiger partial charge in [-0.05, 0) is 78.4 Å². The first-order valence-corrected chi connectivity index (χ1v) is 10.9. The highest BCUT2D eigenvalue weighted by Gasteiger charge is 2.23. The fourth-order valence-electron chi connectivity index (χ4n) is 3.43. The lowest BCUT2D eigenvalue weighted by Gasteiger charge is -2.35. The number of pyridine rings is 1. The predicted octanol–water partition coefficient (Wildman–Crippen LogP) is 3.80. The Bertz CT molecular complexity index is 1050. The van der Waals surface area contributed by atoms with E-state index >= 15 is 0 Å². The number of nitrogens with one attached hydrogen (secondary N) is 1. The summed E-state index contributed by atoms with van der Waals surface area (Å²) in [6, 6.07) is 13.6. The predicted molar refractivity (Wildman–Crippen MR) is 126 cm³/mol. The number of benzene rings is 1. The number of carbonyl (C=O) groups is 1. The van der Waals surface area contributed by atoms with Crippen molar-refractivity contribution in [3.8, 4) is 0 Å². The lowest BCUT2D eigenvalue weighted by Crippen LogP contribution is -2.49. The molecule has 0 saturated carbocycles. The largest absolute Gasteiger partial charge is 0.353 e. The third kappa shape index (κ3) is 4.86. The standard InChI is InChI=1S/C22H23IN6O/c1-15-7-8-24-19(13-15)27-20-14-21(26-16(2)25-20)28-9-11-29(12-10-28)22(30)17-3-5-18(23)6-4-17/h3-8,13-14H,9-12H2,1-2H3,(H,24,25,26,27). The molecule has 1 saturated heterocycles. The molecule has 1 aliphatic rings. The molecule has 1 aromatic carbocycles. The third-order valence-corrected chi connectivity index (χ3v) is 5.70. The summed E-state index contributed by atoms with van der Waals surface area (Å²) >= 11 is 2.24. The number of halogens is 1. The highest BCUT2D eigenvalue weighted by Crippen LogP contribution is 2.21. The number of aryl methyl sites for hydroxylation is 2. The first kappa shape index (κ1) is 20.5. The summed E-state index contributed by atoms with van der Waals surface area (Å²) in [7, 11) is 0. The third-order valence-electron chi connectivity index (χ3n) is 4.98. The SMILES string of the molecule is Cc1ccnc(Nc2cc(N3CCN(C(=O)c4ccc(I)cc4)CC3)nc(C)n2)c1. The van der Waals surface area contributed by atoms with Gasteiger partial charge in [0, 0.05) is 47.6 Å². The molecule has 7 nitrogen and oxygen atoms in total. The van der Waals surface area contributed by atoms with E-state index < -0.39 is 0 Å². The Labute approximate surface area is 189 Å². The summed E-state index contributed by atoms with van der Waals surface area (Å²) < 4.78 is 1.12. The van der Waals surface area contributed by atoms with E-state index in [2.05, 4.69) is 47.8 Å². The quantitative estimate of drug-likeness (QED) is 0.535. The van der Waals surface area contributed by atoms with E-state index in [1.807, 2.05) is 61.2 Å². The van der Waals surface area contributed by atoms with Gasteiger partial charge in [0.25, 0.3) is 5.91 Å². The second-order valence-electron chi connectivity index (χ2n) is 7.29. The highest BCUT2D eigenvalue weighted by atomic mass is 127. The van der Waals surface area contributed by atoms with E-state index in [4.69, 9.17) is 0 Å². The fraction of sp³-hybridized carbons (Fsp3) is 0.273. The average molecular weight is 514 g/mol. The van der Waals surface area contributed by atoms with Gasteiger partial charge in [-0.1, -0.05) is 0 Å². The van der Waals surface area contributed by atoms with Gasteiger partial charge in [0.1, 0.15) is 23.3 Å². The molecule has 0 radical (unpaired) electrons. The Hall–Kier alpha value is -2.75. The van der Waals surface area contributed by atoms with E-state index in [0.717, 1.165) is 39.4 Å². The maximum Gasteiger partial charge on any atom is 0.253 e. The van der Waals surface area contributed by atoms with Gasteiger partial charge >= 0.3 is 0 Å². The first-order valence-electron chi connectivity index (χ1n) is 9.83. The molecule has 3 aromatic rings. The Kier molecular flexibility index (Phi) is 6.12. The van der Waals surface area contributed by atoms with Crippen LogP contribution >= 0.6 is 22.6 Å². The molecule has 4 rings (SSSR count). The number of aromatic nitrogens is 3. The second-order valence-corrected chi connectivity index (χ2v) is 8.53. The molecule has 1 aliphatic heterocycles. The first-order chi connectivity index (χ1) is 14.5. The number of nitrogens with zero attached hydrogens (tertiary/aromatic N) is 5. The number of amides is 1. The smallest absolute Gasteiger partial charge is 0.253 e. The van der Waals surface area contributed by atoms with Gasteiger partial charge in [-0.2, -0.15) is 0 Å². The monoisotopic (exact) mass is 514 g/mol. The van der Waals surface area contributed by atoms with Gasteiger partial charge in [0.05, 0.1) is 0 Å². The molecule has 1 fully saturated rings. The van der Waals surface area contributed by atoms with Crippen molar-refractivity contribution in [3.05, 3.63) is 69.2 Å². The normalized spacial score (nSPS) is 14.0. The molecular weight excluding hydrogens is 491 g/mol. The van der Waals surface area contributed by atoms with E-state index in [1.54, 1.807) is 6.20 Å². The van der Waals surface area contributed by atoms with Gasteiger partial charge in [-0.15, -0.1) is 0 Å². The highest BCUT2D eigenvalue weighted by molar-refractivity contribution is 14.1. The molecule has 30 heavy (non-hydrogen) atoms. The molecule has 0 aliphatic carbocycles. The molecule has 2 aromatic heterocycles. The lowest BCUT2D eigenvalue weighted by atomic mass is 10.2. The molecule has 3 heterocycles. The molecule has 0 spiro atoms. The van der Waals surface area contributed by atoms with Crippen molar-refractivity contribution >= 4 is 46.0 Å². The van der Waals surface area contributed by atoms with Crippen LogP contribution in [-0.2, 0) is 0 Å². The van der Waals surface area contributed by atoms with Crippen LogP contribution in [0.3, 0.4) is 0 Å². The van der Waals surface area contributed by atoms with Crippen LogP contribution in [0.5, 0.6) is 0 Å². The van der Waals surface area contributed by atoms with E-state index in [9.17, 15) is 4.79 Å². The minimum Gasteiger partial charge on any atom is -0.353 e. The summed E-state index contributed by atoms with van der Waals surface area (Å²) in [4.78, 5) is 30.3. The zero-order valence-corrected chi connectivity index (χ0v) is 19.1. The van der Waals surface area contributed by atoms with Crippen LogP contribution in [0.25, 0.3) is 0 Å². The minimum absolute atomic E-state index is 0.0813. The molecule has 154 valence electrons. The van der Waals surface area contributed by atoms with E-state index in [-0.39, 0.29) is 5.91 Å². The molecule has 0 bridgehead atoms. The Balaban J connectivity index is 1.43. The molecule has 0 unspecified atom stereocenters. The zero-order chi connectivity index (χ0) is 21.1. The van der Waals surface area contributed by atoms with Crippen LogP contribution < -0.4 is 10.2 Å². The Morgan fingerprint density at radius 3 is 2.40 bits per heavy atom. The van der Waals surface area contributed by atoms with Crippen molar-refractivity contribution in [3.63, 3.8) is 0 Å². The average Bonchev–Trinajstić information content (AvgIpc) is 2.73. The van der Waals surface area contributed by atoms with E-state index in [1.165, 1.54) is 0 Å². The van der Waals surface area contributed by atoms with Crippen molar-refractivity contribution in [1.82, 2.24) is 19.9 Å². The van der Waals surface area contributed by atoms with Crippen molar-refractivity contribution in [2.45, 2.75) is 13.8 Å². The number of anilines is 3. The molecule has 1 amide bonds. The van der Waals surface area contributed by atoms with Crippen molar-refractivity contribution in [1.29, 1.82) is 0 Å². The number of rotatable bonds is 4. The van der Waals surface area contributed by atoms with Crippen LogP contribution in [0, 0.1) is 17.4 Å². The van der Waals surface area contributed by atoms with Crippen molar-refractivity contribution in [2.24, 2.45) is 0 Å². The van der Waals surface area contributed by atoms with Gasteiger partial charge in [-0.3, -0.25) is 4.79 Å². The molecule has 0 atom stereocenters. The Morgan fingerprint density at radius 2 is 1.70 bits per heavy atom. The van der Waals surface area contributed by atoms with Gasteiger partial charge in [-0.25, -0.2) is 15.0 Å². The van der Waals surface area contributed by atoms with Crippen molar-refractivity contribution < 1.29 is 4.79 Å². The van der Waals surface area contributed by atoms with Crippen LogP contribution in [0.4, 0.5) is 17.5 Å². The minimum atomic E-state index is 0.0813. The summed E-state index contributed by atoms with van der Waals surface area (Å²) in [6.07, 6.45) is 1.77. The van der Waals surface area contributed by atoms with Crippen LogP contribution in [0.1, 0.15) is 21.7 Å². The molecule has 1 N–H and O–H groups in total. The summed E-state index contributed by atoms with van der Waals surface area (Å²) in [6.45, 7) is 6.70. The topological polar surface area (TPSA) is 74.2 Å². The summed E-state index contributed by atoms with van der Waals surface area (Å²) in [5.41, 5.74) is 1.87. The van der Waals surface area contributed by atoms with Crippen LogP contribution in [0.15, 0.2) is 48.7 Å². The fourth-order valence-corrected chi connectivity index (χ4v) is 3.79. The van der Waals surface area contributed by atoms with Crippen molar-refractivity contribution in [2.75, 3.05) is 36.4 Å². The number of hydrogen-bond acceptors (Lipinski definition) is 6. The Morgan fingerprint density at radius 1 is 0.967 bits per heavy atom. The van der Waals surface area contributed by atoms with Gasteiger partial charge in [0.15, 0.2) is 0 Å². The number of hydrogen-bond donors (Lipinski definition) is 1. The number of carbonyl (C=O) groups excluding carboxylic acids is 1. The van der Waals surface area contributed by atoms with Gasteiger partial charge < -0.3 is 15.1 Å². The van der Waals surface area contributed by atoms with Crippen LogP contribution in [0.2, 0.25) is 0 Å².